The van der Waals surface area contributed by atoms with Crippen LogP contribution in [0.3, 0.4) is 0 Å². The van der Waals surface area contributed by atoms with Crippen LogP contribution < -0.4 is 4.90 Å². The van der Waals surface area contributed by atoms with Gasteiger partial charge in [-0.2, -0.15) is 0 Å². The molecule has 0 amide bonds. The number of carbonyl (C=O) groups is 2. The van der Waals surface area contributed by atoms with Crippen molar-refractivity contribution in [2.75, 3.05) is 18.6 Å². The van der Waals surface area contributed by atoms with Crippen LogP contribution in [0.25, 0.3) is 0 Å². The highest BCUT2D eigenvalue weighted by molar-refractivity contribution is 6.01. The standard InChI is InChI=1S/C36H41NO7/c1-34-14-13-26(40)16-23(34)9-12-27-28-17-31-36(30(42)20-39,35(28,2)18-29(41)32(27)34)44-33(43-31)22-7-10-24(11-8-22)37(3)25-6-4-5-21(15-25)19-38/h4-8,10-11,13-16,27-29,31-33,38-39,41H,9,12,17-20H2,1-3H3/t27-,28-,29-,31+,32+,33+,34-,35-,36+/m0/s1. The van der Waals surface area contributed by atoms with E-state index in [1.54, 1.807) is 12.2 Å². The van der Waals surface area contributed by atoms with Gasteiger partial charge in [0.1, 0.15) is 6.61 Å². The number of Topliss-reactive ketones (excluding diaryl/α,β-unsaturated/α-hetero) is 1. The molecule has 9 atom stereocenters. The fourth-order valence-corrected chi connectivity index (χ4v) is 9.70. The summed E-state index contributed by atoms with van der Waals surface area (Å²) in [7, 11) is 1.96. The maximum absolute atomic E-state index is 13.8. The molecule has 3 N–H and O–H groups in total. The SMILES string of the molecule is CN(c1ccc([C@@H]2O[C@@H]3C[C@H]4[C@@H]5CCC6=CC(=O)C=C[C@]6(C)[C@H]5[C@@H](O)C[C@]4(C)[C@]3(C(=O)CO)O2)cc1)c1cccc(CO)c1. The lowest BCUT2D eigenvalue weighted by molar-refractivity contribution is -0.201. The Morgan fingerprint density at radius 1 is 1.09 bits per heavy atom. The molecule has 0 aromatic heterocycles. The number of aliphatic hydroxyl groups is 3. The van der Waals surface area contributed by atoms with Crippen LogP contribution in [0.1, 0.15) is 56.9 Å². The van der Waals surface area contributed by atoms with Crippen LogP contribution in [0.5, 0.6) is 0 Å². The summed E-state index contributed by atoms with van der Waals surface area (Å²) in [5, 5.41) is 31.6. The summed E-state index contributed by atoms with van der Waals surface area (Å²) in [5.41, 5.74) is 2.04. The number of hydrogen-bond acceptors (Lipinski definition) is 8. The summed E-state index contributed by atoms with van der Waals surface area (Å²) in [6, 6.07) is 15.5. The molecule has 1 saturated heterocycles. The van der Waals surface area contributed by atoms with Crippen molar-refractivity contribution in [3.05, 3.63) is 83.5 Å². The lowest BCUT2D eigenvalue weighted by Gasteiger charge is -2.59. The number of aliphatic hydroxyl groups excluding tert-OH is 3. The van der Waals surface area contributed by atoms with Crippen molar-refractivity contribution in [1.82, 2.24) is 0 Å². The van der Waals surface area contributed by atoms with Gasteiger partial charge in [0.15, 0.2) is 23.5 Å². The first kappa shape index (κ1) is 29.6. The van der Waals surface area contributed by atoms with Crippen LogP contribution in [0, 0.1) is 28.6 Å². The highest BCUT2D eigenvalue weighted by Crippen LogP contribution is 2.70. The molecule has 8 heteroatoms. The molecule has 4 aliphatic carbocycles. The van der Waals surface area contributed by atoms with Crippen LogP contribution >= 0.6 is 0 Å². The summed E-state index contributed by atoms with van der Waals surface area (Å²) >= 11 is 0. The number of fused-ring (bicyclic) bond motifs is 7. The lowest BCUT2D eigenvalue weighted by Crippen LogP contribution is -2.63. The van der Waals surface area contributed by atoms with Gasteiger partial charge in [-0.25, -0.2) is 0 Å². The van der Waals surface area contributed by atoms with Gasteiger partial charge in [-0.1, -0.05) is 49.8 Å². The molecule has 4 fully saturated rings. The van der Waals surface area contributed by atoms with Crippen molar-refractivity contribution in [3.63, 3.8) is 0 Å². The zero-order chi connectivity index (χ0) is 31.0. The molecule has 5 aliphatic rings. The Morgan fingerprint density at radius 2 is 1.86 bits per heavy atom. The van der Waals surface area contributed by atoms with Crippen LogP contribution in [0.4, 0.5) is 11.4 Å². The highest BCUT2D eigenvalue weighted by atomic mass is 16.7. The third kappa shape index (κ3) is 4.08. The summed E-state index contributed by atoms with van der Waals surface area (Å²) in [6.45, 7) is 3.48. The van der Waals surface area contributed by atoms with Gasteiger partial charge in [-0.3, -0.25) is 9.59 Å². The van der Waals surface area contributed by atoms with E-state index in [4.69, 9.17) is 9.47 Å². The van der Waals surface area contributed by atoms with Crippen molar-refractivity contribution < 1.29 is 34.4 Å². The first-order chi connectivity index (χ1) is 21.1. The van der Waals surface area contributed by atoms with E-state index in [0.717, 1.165) is 40.9 Å². The molecule has 7 rings (SSSR count). The van der Waals surface area contributed by atoms with E-state index in [1.807, 2.05) is 73.5 Å². The predicted octanol–water partition coefficient (Wildman–Crippen LogP) is 4.55. The number of hydrogen-bond donors (Lipinski definition) is 3. The Hall–Kier alpha value is -3.14. The second-order valence-corrected chi connectivity index (χ2v) is 13.8. The van der Waals surface area contributed by atoms with E-state index in [1.165, 1.54) is 0 Å². The molecule has 44 heavy (non-hydrogen) atoms. The summed E-state index contributed by atoms with van der Waals surface area (Å²) < 4.78 is 13.3. The Morgan fingerprint density at radius 3 is 2.59 bits per heavy atom. The fraction of sp³-hybridized carbons (Fsp3) is 0.500. The molecule has 3 saturated carbocycles. The second-order valence-electron chi connectivity index (χ2n) is 13.8. The maximum Gasteiger partial charge on any atom is 0.193 e. The lowest BCUT2D eigenvalue weighted by atomic mass is 9.46. The third-order valence-electron chi connectivity index (χ3n) is 11.8. The summed E-state index contributed by atoms with van der Waals surface area (Å²) in [4.78, 5) is 28.0. The second kappa shape index (κ2) is 10.5. The Balaban J connectivity index is 1.17. The Bertz CT molecular complexity index is 1550. The molecule has 2 aromatic rings. The van der Waals surface area contributed by atoms with Crippen LogP contribution in [0.2, 0.25) is 0 Å². The largest absolute Gasteiger partial charge is 0.393 e. The minimum absolute atomic E-state index is 0.00243. The highest BCUT2D eigenvalue weighted by Gasteiger charge is 2.75. The molecule has 0 spiro atoms. The van der Waals surface area contributed by atoms with E-state index in [9.17, 15) is 24.9 Å². The van der Waals surface area contributed by atoms with Gasteiger partial charge in [-0.15, -0.1) is 0 Å². The first-order valence-corrected chi connectivity index (χ1v) is 15.7. The number of nitrogens with zero attached hydrogens (tertiary/aromatic N) is 1. The minimum atomic E-state index is -1.38. The van der Waals surface area contributed by atoms with E-state index in [-0.39, 0.29) is 30.1 Å². The van der Waals surface area contributed by atoms with Crippen molar-refractivity contribution in [3.8, 4) is 0 Å². The number of benzene rings is 2. The predicted molar refractivity (Wildman–Crippen MR) is 164 cm³/mol. The smallest absolute Gasteiger partial charge is 0.193 e. The number of ether oxygens (including phenoxy) is 2. The van der Waals surface area contributed by atoms with E-state index in [2.05, 4.69) is 6.92 Å². The van der Waals surface area contributed by atoms with Crippen molar-refractivity contribution in [1.29, 1.82) is 0 Å². The summed E-state index contributed by atoms with van der Waals surface area (Å²) in [5.74, 6) is -0.317. The Kier molecular flexibility index (Phi) is 7.03. The maximum atomic E-state index is 13.8. The number of allylic oxidation sites excluding steroid dienone is 4. The van der Waals surface area contributed by atoms with Gasteiger partial charge in [0, 0.05) is 40.7 Å². The molecule has 1 aliphatic heterocycles. The number of anilines is 2. The molecule has 0 radical (unpaired) electrons. The zero-order valence-electron chi connectivity index (χ0n) is 25.5. The van der Waals surface area contributed by atoms with Crippen LogP contribution in [-0.4, -0.2) is 58.3 Å². The normalized spacial score (nSPS) is 38.8. The molecular weight excluding hydrogens is 558 g/mol. The molecule has 0 unspecified atom stereocenters. The zero-order valence-corrected chi connectivity index (χ0v) is 25.5. The van der Waals surface area contributed by atoms with E-state index in [0.29, 0.717) is 12.8 Å². The van der Waals surface area contributed by atoms with Crippen molar-refractivity contribution in [2.45, 2.75) is 70.2 Å². The topological polar surface area (TPSA) is 117 Å². The average Bonchev–Trinajstić information content (AvgIpc) is 3.53. The monoisotopic (exact) mass is 599 g/mol. The number of rotatable bonds is 6. The molecule has 8 nitrogen and oxygen atoms in total. The van der Waals surface area contributed by atoms with Gasteiger partial charge >= 0.3 is 0 Å². The molecule has 232 valence electrons. The fourth-order valence-electron chi connectivity index (χ4n) is 9.70. The molecular formula is C36H41NO7. The number of ketones is 2. The first-order valence-electron chi connectivity index (χ1n) is 15.7. The van der Waals surface area contributed by atoms with Gasteiger partial charge in [0.05, 0.1) is 18.8 Å². The average molecular weight is 600 g/mol. The van der Waals surface area contributed by atoms with Crippen molar-refractivity contribution >= 4 is 22.9 Å². The van der Waals surface area contributed by atoms with Gasteiger partial charge < -0.3 is 29.7 Å². The third-order valence-corrected chi connectivity index (χ3v) is 11.8. The van der Waals surface area contributed by atoms with Gasteiger partial charge in [-0.05, 0) is 79.5 Å². The van der Waals surface area contributed by atoms with Crippen LogP contribution in [-0.2, 0) is 25.7 Å². The molecule has 0 bridgehead atoms. The minimum Gasteiger partial charge on any atom is -0.393 e. The Labute approximate surface area is 258 Å². The van der Waals surface area contributed by atoms with Crippen LogP contribution in [0.15, 0.2) is 72.3 Å². The molecule has 1 heterocycles. The number of carbonyl (C=O) groups excluding carboxylic acids is 2. The quantitative estimate of drug-likeness (QED) is 0.443. The molecule has 2 aromatic carbocycles. The van der Waals surface area contributed by atoms with Gasteiger partial charge in [0.2, 0.25) is 0 Å². The van der Waals surface area contributed by atoms with Gasteiger partial charge in [0.25, 0.3) is 0 Å². The summed E-state index contributed by atoms with van der Waals surface area (Å²) in [6.07, 6.45) is 5.83. The van der Waals surface area contributed by atoms with E-state index < -0.39 is 47.3 Å². The van der Waals surface area contributed by atoms with Crippen molar-refractivity contribution in [2.24, 2.45) is 28.6 Å². The van der Waals surface area contributed by atoms with E-state index >= 15 is 0 Å².